The standard InChI is InChI=1S/C15H11BrF2N2O3/c1-8(17)11-6-13(18)14(20(22)23)7-12(11)15(21)19-10-4-2-9(16)3-5-10/h2-8H,1H3,(H,19,21)/t8-/m1/s1. The molecule has 0 spiro atoms. The number of hydrogen-bond donors (Lipinski definition) is 1. The smallest absolute Gasteiger partial charge is 0.305 e. The second kappa shape index (κ2) is 6.82. The summed E-state index contributed by atoms with van der Waals surface area (Å²) in [6, 6.07) is 7.98. The first-order valence-electron chi connectivity index (χ1n) is 6.48. The van der Waals surface area contributed by atoms with Crippen molar-refractivity contribution in [3.05, 3.63) is 67.9 Å². The Bertz CT molecular complexity index is 764. The van der Waals surface area contributed by atoms with Crippen molar-refractivity contribution >= 4 is 33.2 Å². The van der Waals surface area contributed by atoms with Gasteiger partial charge in [-0.15, -0.1) is 0 Å². The minimum atomic E-state index is -1.66. The van der Waals surface area contributed by atoms with Crippen molar-refractivity contribution in [2.75, 3.05) is 5.32 Å². The number of carbonyl (C=O) groups excluding carboxylic acids is 1. The van der Waals surface area contributed by atoms with Gasteiger partial charge in [0.05, 0.1) is 10.5 Å². The fourth-order valence-electron chi connectivity index (χ4n) is 1.97. The van der Waals surface area contributed by atoms with E-state index in [9.17, 15) is 23.7 Å². The Morgan fingerprint density at radius 3 is 2.43 bits per heavy atom. The van der Waals surface area contributed by atoms with E-state index in [4.69, 9.17) is 0 Å². The van der Waals surface area contributed by atoms with Crippen LogP contribution >= 0.6 is 15.9 Å². The van der Waals surface area contributed by atoms with Crippen LogP contribution in [-0.4, -0.2) is 10.8 Å². The van der Waals surface area contributed by atoms with E-state index in [-0.39, 0.29) is 11.1 Å². The normalized spacial score (nSPS) is 11.8. The topological polar surface area (TPSA) is 72.2 Å². The van der Waals surface area contributed by atoms with Gasteiger partial charge in [0.25, 0.3) is 5.91 Å². The highest BCUT2D eigenvalue weighted by molar-refractivity contribution is 9.10. The average molecular weight is 385 g/mol. The largest absolute Gasteiger partial charge is 0.322 e. The number of nitrogens with one attached hydrogen (secondary N) is 1. The lowest BCUT2D eigenvalue weighted by Crippen LogP contribution is -2.15. The summed E-state index contributed by atoms with van der Waals surface area (Å²) in [7, 11) is 0. The number of rotatable bonds is 4. The lowest BCUT2D eigenvalue weighted by atomic mass is 10.0. The van der Waals surface area contributed by atoms with Crippen molar-refractivity contribution < 1.29 is 18.5 Å². The van der Waals surface area contributed by atoms with E-state index in [1.54, 1.807) is 24.3 Å². The number of halogens is 3. The number of nitro benzene ring substituents is 1. The Balaban J connectivity index is 2.43. The van der Waals surface area contributed by atoms with Crippen molar-refractivity contribution in [2.24, 2.45) is 0 Å². The molecule has 1 N–H and O–H groups in total. The van der Waals surface area contributed by atoms with Crippen LogP contribution in [0.15, 0.2) is 40.9 Å². The van der Waals surface area contributed by atoms with Crippen molar-refractivity contribution in [2.45, 2.75) is 13.1 Å². The van der Waals surface area contributed by atoms with E-state index in [0.29, 0.717) is 11.8 Å². The molecule has 0 fully saturated rings. The van der Waals surface area contributed by atoms with Crippen LogP contribution in [0.4, 0.5) is 20.2 Å². The Kier molecular flexibility index (Phi) is 5.05. The maximum absolute atomic E-state index is 13.6. The Morgan fingerprint density at radius 2 is 1.91 bits per heavy atom. The lowest BCUT2D eigenvalue weighted by Gasteiger charge is -2.11. The molecule has 23 heavy (non-hydrogen) atoms. The molecule has 0 aliphatic rings. The van der Waals surface area contributed by atoms with Crippen LogP contribution in [0.2, 0.25) is 0 Å². The monoisotopic (exact) mass is 384 g/mol. The predicted octanol–water partition coefficient (Wildman–Crippen LogP) is 4.78. The van der Waals surface area contributed by atoms with E-state index < -0.39 is 28.5 Å². The summed E-state index contributed by atoms with van der Waals surface area (Å²) in [6.07, 6.45) is -1.66. The minimum Gasteiger partial charge on any atom is -0.322 e. The number of hydrogen-bond acceptors (Lipinski definition) is 3. The third-order valence-electron chi connectivity index (χ3n) is 3.09. The van der Waals surface area contributed by atoms with Crippen molar-refractivity contribution in [3.8, 4) is 0 Å². The molecule has 2 aromatic rings. The zero-order valence-corrected chi connectivity index (χ0v) is 13.4. The van der Waals surface area contributed by atoms with Crippen molar-refractivity contribution in [1.82, 2.24) is 0 Å². The Morgan fingerprint density at radius 1 is 1.30 bits per heavy atom. The number of nitrogens with zero attached hydrogens (tertiary/aromatic N) is 1. The van der Waals surface area contributed by atoms with E-state index in [2.05, 4.69) is 21.2 Å². The van der Waals surface area contributed by atoms with Crippen LogP contribution in [0, 0.1) is 15.9 Å². The van der Waals surface area contributed by atoms with Crippen LogP contribution < -0.4 is 5.32 Å². The van der Waals surface area contributed by atoms with Gasteiger partial charge in [-0.2, -0.15) is 4.39 Å². The van der Waals surface area contributed by atoms with Gasteiger partial charge in [-0.05, 0) is 37.3 Å². The molecule has 0 bridgehead atoms. The second-order valence-corrected chi connectivity index (χ2v) is 5.64. The molecule has 5 nitrogen and oxygen atoms in total. The van der Waals surface area contributed by atoms with Gasteiger partial charge in [0.2, 0.25) is 5.82 Å². The van der Waals surface area contributed by atoms with Crippen LogP contribution in [0.3, 0.4) is 0 Å². The highest BCUT2D eigenvalue weighted by atomic mass is 79.9. The van der Waals surface area contributed by atoms with Gasteiger partial charge in [-0.3, -0.25) is 14.9 Å². The molecule has 2 rings (SSSR count). The number of alkyl halides is 1. The van der Waals surface area contributed by atoms with Gasteiger partial charge in [0.15, 0.2) is 0 Å². The van der Waals surface area contributed by atoms with E-state index in [0.717, 1.165) is 17.5 Å². The summed E-state index contributed by atoms with van der Waals surface area (Å²) < 4.78 is 28.1. The fourth-order valence-corrected chi connectivity index (χ4v) is 2.24. The quantitative estimate of drug-likeness (QED) is 0.608. The predicted molar refractivity (Wildman–Crippen MR) is 84.7 cm³/mol. The first kappa shape index (κ1) is 17.0. The summed E-state index contributed by atoms with van der Waals surface area (Å²) in [4.78, 5) is 22.1. The van der Waals surface area contributed by atoms with Gasteiger partial charge in [-0.25, -0.2) is 4.39 Å². The molecule has 0 heterocycles. The molecule has 0 saturated carbocycles. The number of benzene rings is 2. The first-order chi connectivity index (χ1) is 10.8. The third-order valence-corrected chi connectivity index (χ3v) is 3.62. The average Bonchev–Trinajstić information content (AvgIpc) is 2.48. The first-order valence-corrected chi connectivity index (χ1v) is 7.27. The molecule has 120 valence electrons. The molecule has 2 aromatic carbocycles. The maximum Gasteiger partial charge on any atom is 0.305 e. The van der Waals surface area contributed by atoms with Crippen molar-refractivity contribution in [1.29, 1.82) is 0 Å². The van der Waals surface area contributed by atoms with Gasteiger partial charge in [0, 0.05) is 21.8 Å². The van der Waals surface area contributed by atoms with Crippen molar-refractivity contribution in [3.63, 3.8) is 0 Å². The van der Waals surface area contributed by atoms with E-state index >= 15 is 0 Å². The van der Waals surface area contributed by atoms with Crippen LogP contribution in [-0.2, 0) is 0 Å². The van der Waals surface area contributed by atoms with Gasteiger partial charge in [0.1, 0.15) is 6.17 Å². The molecule has 1 amide bonds. The number of nitro groups is 1. The molecule has 0 aromatic heterocycles. The molecule has 0 aliphatic carbocycles. The molecule has 0 unspecified atom stereocenters. The summed E-state index contributed by atoms with van der Waals surface area (Å²) >= 11 is 3.24. The SMILES string of the molecule is C[C@@H](F)c1cc(F)c([N+](=O)[O-])cc1C(=O)Nc1ccc(Br)cc1. The number of carbonyl (C=O) groups is 1. The summed E-state index contributed by atoms with van der Waals surface area (Å²) in [5, 5.41) is 13.3. The zero-order chi connectivity index (χ0) is 17.1. The summed E-state index contributed by atoms with van der Waals surface area (Å²) in [5.74, 6) is -1.94. The highest BCUT2D eigenvalue weighted by Gasteiger charge is 2.24. The van der Waals surface area contributed by atoms with Crippen LogP contribution in [0.5, 0.6) is 0 Å². The number of anilines is 1. The minimum absolute atomic E-state index is 0.247. The summed E-state index contributed by atoms with van der Waals surface area (Å²) in [5.41, 5.74) is -0.989. The second-order valence-electron chi connectivity index (χ2n) is 4.72. The van der Waals surface area contributed by atoms with E-state index in [1.807, 2.05) is 0 Å². The fraction of sp³-hybridized carbons (Fsp3) is 0.133. The maximum atomic E-state index is 13.6. The van der Waals surface area contributed by atoms with E-state index in [1.165, 1.54) is 0 Å². The molecular weight excluding hydrogens is 374 g/mol. The molecule has 0 saturated heterocycles. The molecule has 0 radical (unpaired) electrons. The van der Waals surface area contributed by atoms with Gasteiger partial charge >= 0.3 is 5.69 Å². The Labute approximate surface area is 138 Å². The molecule has 1 atom stereocenters. The molecular formula is C15H11BrF2N2O3. The summed E-state index contributed by atoms with van der Waals surface area (Å²) in [6.45, 7) is 1.12. The highest BCUT2D eigenvalue weighted by Crippen LogP contribution is 2.29. The van der Waals surface area contributed by atoms with Gasteiger partial charge < -0.3 is 5.32 Å². The van der Waals surface area contributed by atoms with Gasteiger partial charge in [-0.1, -0.05) is 15.9 Å². The zero-order valence-electron chi connectivity index (χ0n) is 11.8. The Hall–Kier alpha value is -2.35. The number of amides is 1. The third kappa shape index (κ3) is 3.89. The van der Waals surface area contributed by atoms with Crippen LogP contribution in [0.25, 0.3) is 0 Å². The molecule has 0 aliphatic heterocycles. The van der Waals surface area contributed by atoms with Crippen LogP contribution in [0.1, 0.15) is 29.0 Å². The molecule has 8 heteroatoms. The lowest BCUT2D eigenvalue weighted by molar-refractivity contribution is -0.387.